The van der Waals surface area contributed by atoms with Crippen molar-refractivity contribution in [2.75, 3.05) is 0 Å². The van der Waals surface area contributed by atoms with Gasteiger partial charge < -0.3 is 5.32 Å². The van der Waals surface area contributed by atoms with Crippen LogP contribution in [0.1, 0.15) is 69.9 Å². The van der Waals surface area contributed by atoms with Crippen LogP contribution in [0.3, 0.4) is 0 Å². The molecule has 0 aliphatic heterocycles. The van der Waals surface area contributed by atoms with Gasteiger partial charge in [-0.2, -0.15) is 0 Å². The summed E-state index contributed by atoms with van der Waals surface area (Å²) >= 11 is 0. The zero-order valence-corrected chi connectivity index (χ0v) is 13.9. The monoisotopic (exact) mass is 295 g/mol. The van der Waals surface area contributed by atoms with E-state index in [0.29, 0.717) is 6.04 Å². The molecule has 2 aromatic carbocycles. The molecule has 0 radical (unpaired) electrons. The van der Waals surface area contributed by atoms with Crippen LogP contribution in [0.25, 0.3) is 10.8 Å². The minimum atomic E-state index is 0.508. The molecule has 1 aliphatic rings. The summed E-state index contributed by atoms with van der Waals surface area (Å²) in [7, 11) is 0. The molecule has 1 atom stereocenters. The Morgan fingerprint density at radius 2 is 1.77 bits per heavy atom. The molecule has 0 aromatic heterocycles. The summed E-state index contributed by atoms with van der Waals surface area (Å²) in [6.45, 7) is 2.29. The van der Waals surface area contributed by atoms with Crippen LogP contribution in [-0.4, -0.2) is 6.04 Å². The molecule has 1 nitrogen and oxygen atoms in total. The molecule has 2 aromatic rings. The Morgan fingerprint density at radius 1 is 1.00 bits per heavy atom. The second-order valence-electron chi connectivity index (χ2n) is 6.76. The van der Waals surface area contributed by atoms with Gasteiger partial charge in [-0.1, -0.05) is 81.5 Å². The highest BCUT2D eigenvalue weighted by Gasteiger charge is 2.20. The van der Waals surface area contributed by atoms with E-state index < -0.39 is 0 Å². The molecule has 1 saturated carbocycles. The van der Waals surface area contributed by atoms with Crippen molar-refractivity contribution in [2.24, 2.45) is 0 Å². The van der Waals surface area contributed by atoms with E-state index in [2.05, 4.69) is 54.7 Å². The predicted octanol–water partition coefficient (Wildman–Crippen LogP) is 5.99. The molecule has 1 fully saturated rings. The van der Waals surface area contributed by atoms with E-state index in [9.17, 15) is 0 Å². The van der Waals surface area contributed by atoms with Crippen molar-refractivity contribution in [3.8, 4) is 0 Å². The molecule has 1 unspecified atom stereocenters. The Morgan fingerprint density at radius 3 is 2.59 bits per heavy atom. The first-order valence-corrected chi connectivity index (χ1v) is 9.12. The molecule has 0 saturated heterocycles. The Hall–Kier alpha value is -1.34. The Balaban J connectivity index is 1.86. The van der Waals surface area contributed by atoms with Gasteiger partial charge in [0, 0.05) is 12.1 Å². The Kier molecular flexibility index (Phi) is 5.50. The molecular weight excluding hydrogens is 266 g/mol. The normalized spacial score (nSPS) is 17.7. The number of benzene rings is 2. The number of hydrogen-bond acceptors (Lipinski definition) is 1. The third-order valence-corrected chi connectivity index (χ3v) is 5.09. The van der Waals surface area contributed by atoms with Crippen LogP contribution in [0.4, 0.5) is 0 Å². The largest absolute Gasteiger partial charge is 0.307 e. The molecule has 0 amide bonds. The first-order valence-electron chi connectivity index (χ1n) is 9.12. The zero-order chi connectivity index (χ0) is 15.2. The lowest BCUT2D eigenvalue weighted by Crippen LogP contribution is -2.34. The van der Waals surface area contributed by atoms with E-state index in [-0.39, 0.29) is 0 Å². The van der Waals surface area contributed by atoms with Gasteiger partial charge in [-0.15, -0.1) is 0 Å². The smallest absolute Gasteiger partial charge is 0.0328 e. The summed E-state index contributed by atoms with van der Waals surface area (Å²) in [5.41, 5.74) is 1.50. The van der Waals surface area contributed by atoms with Crippen LogP contribution in [0.15, 0.2) is 42.5 Å². The lowest BCUT2D eigenvalue weighted by molar-refractivity contribution is 0.328. The van der Waals surface area contributed by atoms with Crippen molar-refractivity contribution in [1.82, 2.24) is 5.32 Å². The van der Waals surface area contributed by atoms with Crippen molar-refractivity contribution in [2.45, 2.75) is 70.4 Å². The third-order valence-electron chi connectivity index (χ3n) is 5.09. The van der Waals surface area contributed by atoms with Crippen molar-refractivity contribution in [3.63, 3.8) is 0 Å². The fraction of sp³-hybridized carbons (Fsp3) is 0.524. The zero-order valence-electron chi connectivity index (χ0n) is 13.9. The van der Waals surface area contributed by atoms with E-state index in [4.69, 9.17) is 0 Å². The summed E-state index contributed by atoms with van der Waals surface area (Å²) in [6, 6.07) is 16.8. The number of rotatable bonds is 6. The molecule has 22 heavy (non-hydrogen) atoms. The van der Waals surface area contributed by atoms with Crippen LogP contribution in [0.2, 0.25) is 0 Å². The van der Waals surface area contributed by atoms with Crippen molar-refractivity contribution < 1.29 is 0 Å². The standard InChI is InChI=1S/C21H29N/c1-2-3-16-21(22-18-12-5-4-6-13-18)20-15-9-11-17-10-7-8-14-19(17)20/h7-11,14-15,18,21-22H,2-6,12-13,16H2,1H3. The summed E-state index contributed by atoms with van der Waals surface area (Å²) in [6.07, 6.45) is 10.7. The first kappa shape index (κ1) is 15.6. The van der Waals surface area contributed by atoms with E-state index in [1.165, 1.54) is 67.7 Å². The van der Waals surface area contributed by atoms with Gasteiger partial charge in [0.1, 0.15) is 0 Å². The number of fused-ring (bicyclic) bond motifs is 1. The number of hydrogen-bond donors (Lipinski definition) is 1. The highest BCUT2D eigenvalue weighted by atomic mass is 15.0. The van der Waals surface area contributed by atoms with Crippen LogP contribution in [0, 0.1) is 0 Å². The third kappa shape index (κ3) is 3.70. The van der Waals surface area contributed by atoms with Gasteiger partial charge in [-0.25, -0.2) is 0 Å². The van der Waals surface area contributed by atoms with Gasteiger partial charge in [0.25, 0.3) is 0 Å². The molecule has 1 aliphatic carbocycles. The van der Waals surface area contributed by atoms with Crippen molar-refractivity contribution in [3.05, 3.63) is 48.0 Å². The topological polar surface area (TPSA) is 12.0 Å². The van der Waals surface area contributed by atoms with Crippen LogP contribution in [0.5, 0.6) is 0 Å². The van der Waals surface area contributed by atoms with Crippen LogP contribution < -0.4 is 5.32 Å². The van der Waals surface area contributed by atoms with Gasteiger partial charge in [0.05, 0.1) is 0 Å². The van der Waals surface area contributed by atoms with Crippen molar-refractivity contribution >= 4 is 10.8 Å². The number of nitrogens with one attached hydrogen (secondary N) is 1. The average molecular weight is 295 g/mol. The Bertz CT molecular complexity index is 578. The predicted molar refractivity (Wildman–Crippen MR) is 96.2 cm³/mol. The van der Waals surface area contributed by atoms with E-state index in [0.717, 1.165) is 6.04 Å². The second-order valence-corrected chi connectivity index (χ2v) is 6.76. The fourth-order valence-electron chi connectivity index (χ4n) is 3.84. The maximum Gasteiger partial charge on any atom is 0.0328 e. The molecule has 1 N–H and O–H groups in total. The Labute approximate surface area is 135 Å². The quantitative estimate of drug-likeness (QED) is 0.690. The minimum absolute atomic E-state index is 0.508. The van der Waals surface area contributed by atoms with Gasteiger partial charge in [-0.3, -0.25) is 0 Å². The van der Waals surface area contributed by atoms with E-state index >= 15 is 0 Å². The SMILES string of the molecule is CCCCC(NC1CCCCC1)c1cccc2ccccc12. The van der Waals surface area contributed by atoms with Gasteiger partial charge in [0.2, 0.25) is 0 Å². The highest BCUT2D eigenvalue weighted by molar-refractivity contribution is 5.86. The second kappa shape index (κ2) is 7.78. The molecule has 0 bridgehead atoms. The molecule has 118 valence electrons. The van der Waals surface area contributed by atoms with Gasteiger partial charge >= 0.3 is 0 Å². The van der Waals surface area contributed by atoms with Gasteiger partial charge in [0.15, 0.2) is 0 Å². The van der Waals surface area contributed by atoms with Crippen molar-refractivity contribution in [1.29, 1.82) is 0 Å². The molecule has 0 heterocycles. The summed E-state index contributed by atoms with van der Waals surface area (Å²) in [5.74, 6) is 0. The first-order chi connectivity index (χ1) is 10.9. The molecule has 1 heteroatoms. The average Bonchev–Trinajstić information content (AvgIpc) is 2.59. The fourth-order valence-corrected chi connectivity index (χ4v) is 3.84. The summed E-state index contributed by atoms with van der Waals surface area (Å²) in [4.78, 5) is 0. The highest BCUT2D eigenvalue weighted by Crippen LogP contribution is 2.30. The summed E-state index contributed by atoms with van der Waals surface area (Å²) in [5, 5.41) is 6.79. The molecule has 0 spiro atoms. The maximum absolute atomic E-state index is 4.00. The summed E-state index contributed by atoms with van der Waals surface area (Å²) < 4.78 is 0. The lowest BCUT2D eigenvalue weighted by Gasteiger charge is -2.29. The lowest BCUT2D eigenvalue weighted by atomic mass is 9.91. The van der Waals surface area contributed by atoms with Crippen LogP contribution in [-0.2, 0) is 0 Å². The molecular formula is C21H29N. The van der Waals surface area contributed by atoms with Crippen LogP contribution >= 0.6 is 0 Å². The van der Waals surface area contributed by atoms with E-state index in [1.807, 2.05) is 0 Å². The maximum atomic E-state index is 4.00. The minimum Gasteiger partial charge on any atom is -0.307 e. The van der Waals surface area contributed by atoms with E-state index in [1.54, 1.807) is 0 Å². The molecule has 3 rings (SSSR count). The van der Waals surface area contributed by atoms with Gasteiger partial charge in [-0.05, 0) is 35.6 Å². The number of unbranched alkanes of at least 4 members (excludes halogenated alkanes) is 1.